The summed E-state index contributed by atoms with van der Waals surface area (Å²) in [5.41, 5.74) is 6.78. The molecular formula is C46H59FO7. The second-order valence-electron chi connectivity index (χ2n) is 18.2. The Kier molecular flexibility index (Phi) is 11.5. The van der Waals surface area contributed by atoms with Crippen molar-refractivity contribution in [3.63, 3.8) is 0 Å². The molecule has 8 heteroatoms. The van der Waals surface area contributed by atoms with E-state index in [1.165, 1.54) is 29.2 Å². The predicted octanol–water partition coefficient (Wildman–Crippen LogP) is 11.7. The minimum atomic E-state index is -2.03. The van der Waals surface area contributed by atoms with E-state index in [2.05, 4.69) is 119 Å². The highest BCUT2D eigenvalue weighted by Crippen LogP contribution is 2.43. The lowest BCUT2D eigenvalue weighted by molar-refractivity contribution is -0.173. The quantitative estimate of drug-likeness (QED) is 0.178. The first-order valence-electron chi connectivity index (χ1n) is 18.8. The van der Waals surface area contributed by atoms with Crippen molar-refractivity contribution in [2.75, 3.05) is 20.2 Å². The van der Waals surface area contributed by atoms with Crippen molar-refractivity contribution >= 4 is 0 Å². The van der Waals surface area contributed by atoms with Gasteiger partial charge in [-0.1, -0.05) is 126 Å². The maximum atomic E-state index is 13.4. The third-order valence-electron chi connectivity index (χ3n) is 9.36. The van der Waals surface area contributed by atoms with Crippen LogP contribution in [0.5, 0.6) is 40.2 Å². The van der Waals surface area contributed by atoms with Crippen LogP contribution in [0.4, 0.5) is 4.39 Å². The van der Waals surface area contributed by atoms with Gasteiger partial charge in [0.15, 0.2) is 34.5 Å². The molecule has 1 unspecified atom stereocenters. The van der Waals surface area contributed by atoms with Crippen LogP contribution in [0.1, 0.15) is 118 Å². The molecule has 4 aliphatic heterocycles. The first kappa shape index (κ1) is 40.6. The summed E-state index contributed by atoms with van der Waals surface area (Å²) in [5.74, 6) is 5.58. The Balaban J connectivity index is 0.000000139. The van der Waals surface area contributed by atoms with E-state index in [0.29, 0.717) is 25.1 Å². The van der Waals surface area contributed by atoms with Crippen molar-refractivity contribution in [3.8, 4) is 40.2 Å². The molecule has 54 heavy (non-hydrogen) atoms. The second-order valence-corrected chi connectivity index (χ2v) is 18.2. The summed E-state index contributed by atoms with van der Waals surface area (Å²) in [4.78, 5) is 0. The highest BCUT2D eigenvalue weighted by molar-refractivity contribution is 5.51. The third kappa shape index (κ3) is 9.93. The summed E-state index contributed by atoms with van der Waals surface area (Å²) in [7, 11) is 0. The van der Waals surface area contributed by atoms with Crippen LogP contribution in [0.2, 0.25) is 0 Å². The Morgan fingerprint density at radius 1 is 0.481 bits per heavy atom. The minimum Gasteiger partial charge on any atom is -0.493 e. The zero-order chi connectivity index (χ0) is 39.7. The van der Waals surface area contributed by atoms with E-state index in [-0.39, 0.29) is 21.7 Å². The van der Waals surface area contributed by atoms with Crippen LogP contribution in [0.3, 0.4) is 0 Å². The first-order chi connectivity index (χ1) is 25.0. The highest BCUT2D eigenvalue weighted by Gasteiger charge is 2.37. The normalized spacial score (nSPS) is 17.5. The molecule has 0 bridgehead atoms. The number of rotatable bonds is 0. The molecule has 0 saturated carbocycles. The number of benzene rings is 4. The zero-order valence-electron chi connectivity index (χ0n) is 34.5. The SMILES string of the molecule is CC(C)(C)c1ccc2c(c1)OCO2.CC(C)(C)c1cccc2c1OCC2.CC(C)(C)c1cccc2c1OCO2.CC1(F)Oc2ccc(C(C)(C)C)cc2O1. The fourth-order valence-corrected chi connectivity index (χ4v) is 6.24. The van der Waals surface area contributed by atoms with Crippen molar-refractivity contribution < 1.29 is 37.5 Å². The molecule has 4 aliphatic rings. The summed E-state index contributed by atoms with van der Waals surface area (Å²) in [6.07, 6.45) is 1.07. The number of para-hydroxylation sites is 2. The third-order valence-corrected chi connectivity index (χ3v) is 9.36. The topological polar surface area (TPSA) is 64.6 Å². The Morgan fingerprint density at radius 2 is 0.981 bits per heavy atom. The molecule has 0 radical (unpaired) electrons. The van der Waals surface area contributed by atoms with Gasteiger partial charge in [-0.05, 0) is 74.2 Å². The first-order valence-corrected chi connectivity index (χ1v) is 18.8. The smallest absolute Gasteiger partial charge is 0.404 e. The monoisotopic (exact) mass is 742 g/mol. The van der Waals surface area contributed by atoms with Gasteiger partial charge in [0, 0.05) is 18.9 Å². The maximum absolute atomic E-state index is 13.4. The van der Waals surface area contributed by atoms with Crippen LogP contribution in [-0.2, 0) is 28.1 Å². The maximum Gasteiger partial charge on any atom is 0.404 e. The summed E-state index contributed by atoms with van der Waals surface area (Å²) >= 11 is 0. The molecule has 4 aromatic rings. The molecule has 0 spiro atoms. The summed E-state index contributed by atoms with van der Waals surface area (Å²) in [5, 5.41) is 0. The van der Waals surface area contributed by atoms with Crippen LogP contribution in [0, 0.1) is 0 Å². The number of fused-ring (bicyclic) bond motifs is 4. The van der Waals surface area contributed by atoms with E-state index in [9.17, 15) is 4.39 Å². The largest absolute Gasteiger partial charge is 0.493 e. The van der Waals surface area contributed by atoms with Gasteiger partial charge in [0.25, 0.3) is 0 Å². The lowest BCUT2D eigenvalue weighted by atomic mass is 9.85. The van der Waals surface area contributed by atoms with Crippen molar-refractivity contribution in [2.24, 2.45) is 0 Å². The van der Waals surface area contributed by atoms with Crippen molar-refractivity contribution in [3.05, 3.63) is 101 Å². The van der Waals surface area contributed by atoms with Gasteiger partial charge >= 0.3 is 6.04 Å². The predicted molar refractivity (Wildman–Crippen MR) is 213 cm³/mol. The van der Waals surface area contributed by atoms with Crippen molar-refractivity contribution in [1.82, 2.24) is 0 Å². The second kappa shape index (κ2) is 15.3. The Bertz CT molecular complexity index is 1850. The molecule has 0 N–H and O–H groups in total. The molecule has 0 fully saturated rings. The summed E-state index contributed by atoms with van der Waals surface area (Å²) < 4.78 is 50.4. The van der Waals surface area contributed by atoms with Gasteiger partial charge in [0.1, 0.15) is 5.75 Å². The molecular weight excluding hydrogens is 683 g/mol. The van der Waals surface area contributed by atoms with Crippen LogP contribution in [-0.4, -0.2) is 26.2 Å². The molecule has 1 atom stereocenters. The molecule has 4 heterocycles. The molecule has 0 aromatic heterocycles. The fourth-order valence-electron chi connectivity index (χ4n) is 6.24. The standard InChI is InChI=1S/C12H15FO2.C12H16O.2C11H14O2/c1-11(2,3)8-5-6-9-10(7-8)15-12(4,13)14-9;1-12(2,3)10-6-4-5-9-7-8-13-11(9)10;1-11(2,3)8-4-5-9-10(6-8)13-7-12-9;1-11(2,3)8-5-4-6-9-10(8)13-7-12-9/h5-7H,1-4H3;4-6H,7-8H2,1-3H3;2*4-6H,7H2,1-3H3. The lowest BCUT2D eigenvalue weighted by Gasteiger charge is -2.21. The van der Waals surface area contributed by atoms with Crippen LogP contribution in [0.15, 0.2) is 72.8 Å². The van der Waals surface area contributed by atoms with Crippen LogP contribution >= 0.6 is 0 Å². The van der Waals surface area contributed by atoms with Crippen molar-refractivity contribution in [2.45, 2.75) is 124 Å². The molecule has 8 rings (SSSR count). The van der Waals surface area contributed by atoms with Gasteiger partial charge < -0.3 is 33.2 Å². The van der Waals surface area contributed by atoms with Gasteiger partial charge in [-0.3, -0.25) is 0 Å². The van der Waals surface area contributed by atoms with E-state index in [0.717, 1.165) is 47.3 Å². The van der Waals surface area contributed by atoms with E-state index >= 15 is 0 Å². The van der Waals surface area contributed by atoms with E-state index in [4.69, 9.17) is 33.2 Å². The van der Waals surface area contributed by atoms with E-state index in [1.807, 2.05) is 30.3 Å². The Morgan fingerprint density at radius 3 is 1.59 bits per heavy atom. The number of ether oxygens (including phenoxy) is 7. The Hall–Kier alpha value is -4.59. The molecule has 0 aliphatic carbocycles. The average molecular weight is 743 g/mol. The average Bonchev–Trinajstić information content (AvgIpc) is 3.87. The van der Waals surface area contributed by atoms with Gasteiger partial charge in [-0.2, -0.15) is 4.39 Å². The molecule has 0 amide bonds. The molecule has 292 valence electrons. The van der Waals surface area contributed by atoms with E-state index < -0.39 is 6.04 Å². The molecule has 7 nitrogen and oxygen atoms in total. The van der Waals surface area contributed by atoms with Gasteiger partial charge in [0.2, 0.25) is 13.6 Å². The molecule has 4 aromatic carbocycles. The van der Waals surface area contributed by atoms with E-state index in [1.54, 1.807) is 6.07 Å². The summed E-state index contributed by atoms with van der Waals surface area (Å²) in [6, 6.07) is 22.1. The zero-order valence-corrected chi connectivity index (χ0v) is 34.5. The number of alkyl halides is 1. The van der Waals surface area contributed by atoms with Gasteiger partial charge in [-0.25, -0.2) is 0 Å². The lowest BCUT2D eigenvalue weighted by Crippen LogP contribution is -2.27. The number of hydrogen-bond acceptors (Lipinski definition) is 7. The fraction of sp³-hybridized carbons (Fsp3) is 0.478. The molecule has 0 saturated heterocycles. The minimum absolute atomic E-state index is 0.0215. The van der Waals surface area contributed by atoms with Crippen LogP contribution in [0.25, 0.3) is 0 Å². The van der Waals surface area contributed by atoms with Gasteiger partial charge in [-0.15, -0.1) is 0 Å². The number of hydrogen-bond donors (Lipinski definition) is 0. The van der Waals surface area contributed by atoms with Gasteiger partial charge in [0.05, 0.1) is 6.61 Å². The highest BCUT2D eigenvalue weighted by atomic mass is 19.2. The van der Waals surface area contributed by atoms with Crippen molar-refractivity contribution in [1.29, 1.82) is 0 Å². The van der Waals surface area contributed by atoms with Crippen LogP contribution < -0.4 is 33.2 Å². The summed E-state index contributed by atoms with van der Waals surface area (Å²) in [6.45, 7) is 28.8. The Labute approximate surface area is 322 Å². The number of halogens is 1.